The number of carboxylic acids is 1. The highest BCUT2D eigenvalue weighted by molar-refractivity contribution is 5.79. The maximum Gasteiger partial charge on any atom is 0.426 e. The number of ether oxygens (including phenoxy) is 1. The van der Waals surface area contributed by atoms with Crippen LogP contribution in [0.3, 0.4) is 0 Å². The Kier molecular flexibility index (Phi) is 5.90. The van der Waals surface area contributed by atoms with Crippen LogP contribution in [0.4, 0.5) is 4.79 Å². The van der Waals surface area contributed by atoms with Crippen molar-refractivity contribution in [2.24, 2.45) is 0 Å². The summed E-state index contributed by atoms with van der Waals surface area (Å²) in [6.07, 6.45) is -0.691. The van der Waals surface area contributed by atoms with Crippen LogP contribution >= 0.6 is 0 Å². The summed E-state index contributed by atoms with van der Waals surface area (Å²) in [6.45, 7) is 0.00243. The van der Waals surface area contributed by atoms with Gasteiger partial charge in [0.2, 0.25) is 6.41 Å². The van der Waals surface area contributed by atoms with Crippen molar-refractivity contribution in [3.63, 3.8) is 0 Å². The van der Waals surface area contributed by atoms with Crippen LogP contribution in [0.25, 0.3) is 0 Å². The highest BCUT2D eigenvalue weighted by Gasteiger charge is 2.28. The summed E-state index contributed by atoms with van der Waals surface area (Å²) in [7, 11) is 0. The smallest absolute Gasteiger partial charge is 0.426 e. The van der Waals surface area contributed by atoms with Gasteiger partial charge in [-0.15, -0.1) is 0 Å². The summed E-state index contributed by atoms with van der Waals surface area (Å²) in [5, 5.41) is 10.0. The molecule has 0 fully saturated rings. The highest BCUT2D eigenvalue weighted by Crippen LogP contribution is 2.18. The molecule has 24 heavy (non-hydrogen) atoms. The van der Waals surface area contributed by atoms with Crippen LogP contribution in [0.1, 0.15) is 17.2 Å². The number of carbonyl (C=O) groups excluding carboxylic acids is 2. The number of rotatable bonds is 7. The van der Waals surface area contributed by atoms with Gasteiger partial charge >= 0.3 is 12.1 Å². The molecule has 2 amide bonds. The number of nitrogens with one attached hydrogen (secondary N) is 1. The molecule has 0 spiro atoms. The minimum absolute atomic E-state index is 0.00243. The molecule has 0 aliphatic heterocycles. The van der Waals surface area contributed by atoms with Crippen molar-refractivity contribution in [2.75, 3.05) is 0 Å². The van der Waals surface area contributed by atoms with Crippen LogP contribution in [0, 0.1) is 0 Å². The Hall–Kier alpha value is -3.35. The van der Waals surface area contributed by atoms with E-state index in [1.165, 1.54) is 0 Å². The summed E-state index contributed by atoms with van der Waals surface area (Å²) in [6, 6.07) is 15.7. The first-order chi connectivity index (χ1) is 11.6. The van der Waals surface area contributed by atoms with Crippen LogP contribution in [-0.4, -0.2) is 28.6 Å². The molecule has 0 heterocycles. The second-order valence-electron chi connectivity index (χ2n) is 4.84. The van der Waals surface area contributed by atoms with E-state index >= 15 is 0 Å². The highest BCUT2D eigenvalue weighted by atomic mass is 16.6. The Morgan fingerprint density at radius 1 is 1.08 bits per heavy atom. The second kappa shape index (κ2) is 8.33. The third kappa shape index (κ3) is 4.57. The van der Waals surface area contributed by atoms with Gasteiger partial charge in [-0.1, -0.05) is 60.7 Å². The fraction of sp³-hybridized carbons (Fsp3) is 0.118. The molecule has 2 aromatic carbocycles. The van der Waals surface area contributed by atoms with E-state index in [2.05, 4.69) is 5.43 Å². The van der Waals surface area contributed by atoms with Crippen molar-refractivity contribution in [1.82, 2.24) is 10.4 Å². The first-order valence-corrected chi connectivity index (χ1v) is 7.10. The van der Waals surface area contributed by atoms with Gasteiger partial charge in [-0.25, -0.2) is 20.0 Å². The summed E-state index contributed by atoms with van der Waals surface area (Å²) in [5.74, 6) is -1.28. The molecule has 0 unspecified atom stereocenters. The first kappa shape index (κ1) is 17.0. The van der Waals surface area contributed by atoms with Crippen LogP contribution in [0.2, 0.25) is 0 Å². The summed E-state index contributed by atoms with van der Waals surface area (Å²) < 4.78 is 4.98. The summed E-state index contributed by atoms with van der Waals surface area (Å²) in [5.41, 5.74) is 3.25. The lowest BCUT2D eigenvalue weighted by atomic mass is 10.1. The van der Waals surface area contributed by atoms with Crippen molar-refractivity contribution in [1.29, 1.82) is 0 Å². The zero-order valence-corrected chi connectivity index (χ0v) is 12.7. The zero-order chi connectivity index (χ0) is 17.4. The predicted molar refractivity (Wildman–Crippen MR) is 84.5 cm³/mol. The lowest BCUT2D eigenvalue weighted by molar-refractivity contribution is -0.148. The van der Waals surface area contributed by atoms with Crippen LogP contribution in [0.15, 0.2) is 60.7 Å². The molecule has 7 heteroatoms. The largest absolute Gasteiger partial charge is 0.479 e. The van der Waals surface area contributed by atoms with Gasteiger partial charge in [0.05, 0.1) is 0 Å². The zero-order valence-electron chi connectivity index (χ0n) is 12.7. The number of carboxylic acid groups (broad SMARTS) is 1. The number of hydrogen-bond acceptors (Lipinski definition) is 4. The molecule has 0 radical (unpaired) electrons. The number of carbonyl (C=O) groups is 3. The molecular weight excluding hydrogens is 312 g/mol. The van der Waals surface area contributed by atoms with Crippen LogP contribution < -0.4 is 5.43 Å². The summed E-state index contributed by atoms with van der Waals surface area (Å²) >= 11 is 0. The molecule has 0 saturated carbocycles. The Morgan fingerprint density at radius 3 is 2.21 bits per heavy atom. The van der Waals surface area contributed by atoms with Gasteiger partial charge in [-0.2, -0.15) is 0 Å². The monoisotopic (exact) mass is 328 g/mol. The topological polar surface area (TPSA) is 95.9 Å². The molecule has 1 atom stereocenters. The maximum absolute atomic E-state index is 11.8. The number of hydrazine groups is 1. The van der Waals surface area contributed by atoms with Crippen molar-refractivity contribution >= 4 is 18.5 Å². The van der Waals surface area contributed by atoms with E-state index < -0.39 is 18.1 Å². The minimum atomic E-state index is -1.35. The van der Waals surface area contributed by atoms with Crippen molar-refractivity contribution in [3.8, 4) is 0 Å². The SMILES string of the molecule is O=CN(NC(=O)OCc1ccccc1)[C@H](C(=O)O)c1ccccc1. The minimum Gasteiger partial charge on any atom is -0.479 e. The van der Waals surface area contributed by atoms with Crippen molar-refractivity contribution in [2.45, 2.75) is 12.6 Å². The number of amides is 2. The van der Waals surface area contributed by atoms with Gasteiger partial charge < -0.3 is 9.84 Å². The number of aliphatic carboxylic acids is 1. The van der Waals surface area contributed by atoms with Gasteiger partial charge in [0.15, 0.2) is 6.04 Å². The number of nitrogens with zero attached hydrogens (tertiary/aromatic N) is 1. The molecule has 2 N–H and O–H groups in total. The molecule has 2 aromatic rings. The Bertz CT molecular complexity index is 691. The molecule has 0 aliphatic carbocycles. The van der Waals surface area contributed by atoms with E-state index in [1.807, 2.05) is 6.07 Å². The summed E-state index contributed by atoms with van der Waals surface area (Å²) in [4.78, 5) is 34.5. The van der Waals surface area contributed by atoms with Crippen molar-refractivity contribution < 1.29 is 24.2 Å². The maximum atomic E-state index is 11.8. The molecule has 124 valence electrons. The predicted octanol–water partition coefficient (Wildman–Crippen LogP) is 2.11. The van der Waals surface area contributed by atoms with Gasteiger partial charge in [0, 0.05) is 0 Å². The number of hydrogen-bond donors (Lipinski definition) is 2. The van der Waals surface area contributed by atoms with Gasteiger partial charge in [0.25, 0.3) is 0 Å². The third-order valence-electron chi connectivity index (χ3n) is 3.17. The fourth-order valence-corrected chi connectivity index (χ4v) is 2.07. The second-order valence-corrected chi connectivity index (χ2v) is 4.84. The third-order valence-corrected chi connectivity index (χ3v) is 3.17. The molecular formula is C17H16N2O5. The molecule has 0 aromatic heterocycles. The molecule has 0 saturated heterocycles. The van der Waals surface area contributed by atoms with Gasteiger partial charge in [0.1, 0.15) is 6.61 Å². The van der Waals surface area contributed by atoms with E-state index in [9.17, 15) is 19.5 Å². The average molecular weight is 328 g/mol. The Balaban J connectivity index is 2.02. The van der Waals surface area contributed by atoms with E-state index in [0.29, 0.717) is 10.6 Å². The number of benzene rings is 2. The molecule has 7 nitrogen and oxygen atoms in total. The van der Waals surface area contributed by atoms with E-state index in [4.69, 9.17) is 4.74 Å². The standard InChI is InChI=1S/C17H16N2O5/c20-12-19(15(16(21)22)14-9-5-2-6-10-14)18-17(23)24-11-13-7-3-1-4-8-13/h1-10,12,15H,11H2,(H,18,23)(H,21,22)/t15-/m0/s1. The van der Waals surface area contributed by atoms with Crippen LogP contribution in [-0.2, 0) is 20.9 Å². The Morgan fingerprint density at radius 2 is 1.67 bits per heavy atom. The fourth-order valence-electron chi connectivity index (χ4n) is 2.07. The lowest BCUT2D eigenvalue weighted by Gasteiger charge is -2.25. The van der Waals surface area contributed by atoms with E-state index in [0.717, 1.165) is 5.56 Å². The van der Waals surface area contributed by atoms with Gasteiger partial charge in [-0.05, 0) is 11.1 Å². The normalized spacial score (nSPS) is 11.2. The Labute approximate surface area is 138 Å². The quantitative estimate of drug-likeness (QED) is 0.599. The first-order valence-electron chi connectivity index (χ1n) is 7.10. The van der Waals surface area contributed by atoms with E-state index in [1.54, 1.807) is 54.6 Å². The molecule has 0 bridgehead atoms. The average Bonchev–Trinajstić information content (AvgIpc) is 2.61. The van der Waals surface area contributed by atoms with E-state index in [-0.39, 0.29) is 13.0 Å². The van der Waals surface area contributed by atoms with Crippen LogP contribution in [0.5, 0.6) is 0 Å². The van der Waals surface area contributed by atoms with Crippen molar-refractivity contribution in [3.05, 3.63) is 71.8 Å². The van der Waals surface area contributed by atoms with Gasteiger partial charge in [-0.3, -0.25) is 4.79 Å². The molecule has 0 aliphatic rings. The lowest BCUT2D eigenvalue weighted by Crippen LogP contribution is -2.46. The molecule has 2 rings (SSSR count).